The molecule has 1 atom stereocenters. The minimum atomic E-state index is -0.274. The van der Waals surface area contributed by atoms with Crippen molar-refractivity contribution in [3.8, 4) is 0 Å². The van der Waals surface area contributed by atoms with E-state index in [1.807, 2.05) is 45.0 Å². The highest BCUT2D eigenvalue weighted by atomic mass is 32.1. The molecule has 0 saturated carbocycles. The fourth-order valence-corrected chi connectivity index (χ4v) is 3.33. The summed E-state index contributed by atoms with van der Waals surface area (Å²) in [4.78, 5) is 27.7. The van der Waals surface area contributed by atoms with Crippen LogP contribution in [0.3, 0.4) is 0 Å². The van der Waals surface area contributed by atoms with Crippen molar-refractivity contribution in [3.63, 3.8) is 0 Å². The molecule has 0 fully saturated rings. The number of aromatic nitrogens is 1. The van der Waals surface area contributed by atoms with E-state index in [0.29, 0.717) is 17.8 Å². The molecule has 3 rings (SSSR count). The van der Waals surface area contributed by atoms with Crippen LogP contribution in [0.5, 0.6) is 0 Å². The molecule has 2 heterocycles. The van der Waals surface area contributed by atoms with Crippen LogP contribution in [0, 0.1) is 19.8 Å². The van der Waals surface area contributed by atoms with Gasteiger partial charge < -0.3 is 10.2 Å². The molecule has 2 amide bonds. The summed E-state index contributed by atoms with van der Waals surface area (Å²) in [5.41, 5.74) is 2.78. The van der Waals surface area contributed by atoms with Gasteiger partial charge in [-0.25, -0.2) is 0 Å². The van der Waals surface area contributed by atoms with Crippen LogP contribution in [0.25, 0.3) is 0 Å². The molecule has 6 heteroatoms. The fraction of sp³-hybridized carbons (Fsp3) is 0.312. The minimum absolute atomic E-state index is 0.0698. The van der Waals surface area contributed by atoms with Gasteiger partial charge in [0.25, 0.3) is 5.91 Å². The third-order valence-electron chi connectivity index (χ3n) is 3.85. The predicted molar refractivity (Wildman–Crippen MR) is 87.5 cm³/mol. The Morgan fingerprint density at radius 2 is 2.09 bits per heavy atom. The lowest BCUT2D eigenvalue weighted by molar-refractivity contribution is -0.119. The number of aryl methyl sites for hydroxylation is 2. The van der Waals surface area contributed by atoms with E-state index in [4.69, 9.17) is 0 Å². The molecule has 2 aromatic rings. The monoisotopic (exact) mass is 315 g/mol. The van der Waals surface area contributed by atoms with Crippen LogP contribution in [0.2, 0.25) is 0 Å². The van der Waals surface area contributed by atoms with Gasteiger partial charge >= 0.3 is 0 Å². The second kappa shape index (κ2) is 5.53. The average Bonchev–Trinajstić information content (AvgIpc) is 2.76. The van der Waals surface area contributed by atoms with E-state index in [1.54, 1.807) is 4.90 Å². The molecule has 0 bridgehead atoms. The zero-order valence-corrected chi connectivity index (χ0v) is 13.5. The van der Waals surface area contributed by atoms with Gasteiger partial charge in [0.15, 0.2) is 0 Å². The Kier molecular flexibility index (Phi) is 3.70. The van der Waals surface area contributed by atoms with E-state index in [-0.39, 0.29) is 17.7 Å². The summed E-state index contributed by atoms with van der Waals surface area (Å²) in [6, 6.07) is 7.39. The Bertz CT molecular complexity index is 734. The van der Waals surface area contributed by atoms with Gasteiger partial charge in [0.2, 0.25) is 5.91 Å². The molecule has 1 aromatic heterocycles. The Labute approximate surface area is 133 Å². The van der Waals surface area contributed by atoms with Crippen LogP contribution < -0.4 is 10.2 Å². The van der Waals surface area contributed by atoms with Gasteiger partial charge in [-0.3, -0.25) is 9.59 Å². The van der Waals surface area contributed by atoms with E-state index >= 15 is 0 Å². The van der Waals surface area contributed by atoms with E-state index in [0.717, 1.165) is 16.3 Å². The average molecular weight is 315 g/mol. The van der Waals surface area contributed by atoms with Crippen molar-refractivity contribution in [3.05, 3.63) is 40.4 Å². The Balaban J connectivity index is 2.09. The predicted octanol–water partition coefficient (Wildman–Crippen LogP) is 2.99. The molecule has 114 valence electrons. The number of amides is 2. The summed E-state index contributed by atoms with van der Waals surface area (Å²) in [6.45, 7) is 5.92. The molecule has 1 aromatic carbocycles. The number of anilines is 2. The standard InChI is InChI=1S/C16H17N3O2S/c1-9-8-19(16(21)14-10(2)18-22-11(14)3)13-7-5-4-6-12(13)17-15(9)20/h4-7,9H,8H2,1-3H3,(H,17,20). The smallest absolute Gasteiger partial charge is 0.261 e. The highest BCUT2D eigenvalue weighted by Crippen LogP contribution is 2.32. The second-order valence-corrected chi connectivity index (χ2v) is 6.50. The van der Waals surface area contributed by atoms with Crippen molar-refractivity contribution in [2.24, 2.45) is 5.92 Å². The molecular formula is C16H17N3O2S. The van der Waals surface area contributed by atoms with Crippen molar-refractivity contribution in [2.75, 3.05) is 16.8 Å². The third-order valence-corrected chi connectivity index (χ3v) is 4.69. The van der Waals surface area contributed by atoms with Crippen molar-refractivity contribution in [1.82, 2.24) is 4.37 Å². The van der Waals surface area contributed by atoms with Crippen molar-refractivity contribution in [1.29, 1.82) is 0 Å². The number of hydrogen-bond donors (Lipinski definition) is 1. The molecular weight excluding hydrogens is 298 g/mol. The lowest BCUT2D eigenvalue weighted by atomic mass is 10.1. The summed E-state index contributed by atoms with van der Waals surface area (Å²) in [5, 5.41) is 2.89. The zero-order valence-electron chi connectivity index (χ0n) is 12.7. The first-order chi connectivity index (χ1) is 10.5. The Morgan fingerprint density at radius 1 is 1.36 bits per heavy atom. The molecule has 22 heavy (non-hydrogen) atoms. The van der Waals surface area contributed by atoms with E-state index < -0.39 is 0 Å². The van der Waals surface area contributed by atoms with Gasteiger partial charge in [-0.05, 0) is 37.5 Å². The van der Waals surface area contributed by atoms with Gasteiger partial charge in [0, 0.05) is 11.4 Å². The van der Waals surface area contributed by atoms with Crippen LogP contribution >= 0.6 is 11.5 Å². The zero-order chi connectivity index (χ0) is 15.9. The summed E-state index contributed by atoms with van der Waals surface area (Å²) < 4.78 is 4.26. The summed E-state index contributed by atoms with van der Waals surface area (Å²) >= 11 is 1.33. The topological polar surface area (TPSA) is 62.3 Å². The number of carbonyl (C=O) groups excluding carboxylic acids is 2. The van der Waals surface area contributed by atoms with Crippen LogP contribution in [0.15, 0.2) is 24.3 Å². The number of hydrogen-bond acceptors (Lipinski definition) is 4. The van der Waals surface area contributed by atoms with Crippen LogP contribution in [-0.2, 0) is 4.79 Å². The first-order valence-corrected chi connectivity index (χ1v) is 7.91. The van der Waals surface area contributed by atoms with Crippen LogP contribution in [0.1, 0.15) is 27.9 Å². The number of nitrogens with zero attached hydrogens (tertiary/aromatic N) is 2. The van der Waals surface area contributed by atoms with Crippen molar-refractivity contribution < 1.29 is 9.59 Å². The van der Waals surface area contributed by atoms with E-state index in [1.165, 1.54) is 11.5 Å². The third kappa shape index (κ3) is 2.39. The number of para-hydroxylation sites is 2. The largest absolute Gasteiger partial charge is 0.324 e. The maximum atomic E-state index is 13.0. The molecule has 0 radical (unpaired) electrons. The lowest BCUT2D eigenvalue weighted by Crippen LogP contribution is -2.36. The number of nitrogens with one attached hydrogen (secondary N) is 1. The van der Waals surface area contributed by atoms with Gasteiger partial charge in [-0.2, -0.15) is 4.37 Å². The highest BCUT2D eigenvalue weighted by Gasteiger charge is 2.31. The van der Waals surface area contributed by atoms with E-state index in [9.17, 15) is 9.59 Å². The molecule has 0 saturated heterocycles. The number of benzene rings is 1. The summed E-state index contributed by atoms with van der Waals surface area (Å²) in [7, 11) is 0. The molecule has 0 spiro atoms. The minimum Gasteiger partial charge on any atom is -0.324 e. The van der Waals surface area contributed by atoms with Crippen molar-refractivity contribution in [2.45, 2.75) is 20.8 Å². The first-order valence-electron chi connectivity index (χ1n) is 7.13. The first kappa shape index (κ1) is 14.7. The summed E-state index contributed by atoms with van der Waals surface area (Å²) in [5.74, 6) is -0.442. The van der Waals surface area contributed by atoms with Gasteiger partial charge in [0.1, 0.15) is 0 Å². The molecule has 1 aliphatic heterocycles. The maximum absolute atomic E-state index is 13.0. The molecule has 1 N–H and O–H groups in total. The van der Waals surface area contributed by atoms with Crippen molar-refractivity contribution >= 4 is 34.7 Å². The molecule has 1 unspecified atom stereocenters. The maximum Gasteiger partial charge on any atom is 0.261 e. The van der Waals surface area contributed by atoms with Gasteiger partial charge in [-0.1, -0.05) is 19.1 Å². The molecule has 0 aliphatic carbocycles. The van der Waals surface area contributed by atoms with E-state index in [2.05, 4.69) is 9.69 Å². The summed E-state index contributed by atoms with van der Waals surface area (Å²) in [6.07, 6.45) is 0. The number of rotatable bonds is 1. The normalized spacial score (nSPS) is 17.7. The quantitative estimate of drug-likeness (QED) is 0.880. The van der Waals surface area contributed by atoms with Gasteiger partial charge in [-0.15, -0.1) is 0 Å². The number of fused-ring (bicyclic) bond motifs is 1. The van der Waals surface area contributed by atoms with Gasteiger partial charge in [0.05, 0.1) is 28.6 Å². The molecule has 1 aliphatic rings. The fourth-order valence-electron chi connectivity index (χ4n) is 2.64. The lowest BCUT2D eigenvalue weighted by Gasteiger charge is -2.23. The van der Waals surface area contributed by atoms with Crippen LogP contribution in [-0.4, -0.2) is 22.7 Å². The SMILES string of the molecule is Cc1nsc(C)c1C(=O)N1CC(C)C(=O)Nc2ccccc21. The van der Waals surface area contributed by atoms with Crippen LogP contribution in [0.4, 0.5) is 11.4 Å². The number of carbonyl (C=O) groups is 2. The second-order valence-electron chi connectivity index (χ2n) is 5.52. The Morgan fingerprint density at radius 3 is 2.77 bits per heavy atom. The Hall–Kier alpha value is -2.21. The molecule has 5 nitrogen and oxygen atoms in total. The highest BCUT2D eigenvalue weighted by molar-refractivity contribution is 7.06.